The number of benzene rings is 1. The van der Waals surface area contributed by atoms with Crippen LogP contribution in [0.5, 0.6) is 0 Å². The summed E-state index contributed by atoms with van der Waals surface area (Å²) in [6.07, 6.45) is 3.39. The third kappa shape index (κ3) is 2.82. The molecule has 3 rings (SSSR count). The molecule has 1 aliphatic heterocycles. The lowest BCUT2D eigenvalue weighted by atomic mass is 10.0. The number of aromatic nitrogens is 2. The molecule has 0 N–H and O–H groups in total. The second-order valence-electron chi connectivity index (χ2n) is 5.57. The summed E-state index contributed by atoms with van der Waals surface area (Å²) in [5, 5.41) is 3.77. The van der Waals surface area contributed by atoms with Crippen molar-refractivity contribution < 1.29 is 9.32 Å². The van der Waals surface area contributed by atoms with Crippen molar-refractivity contribution in [3.8, 4) is 11.5 Å². The minimum absolute atomic E-state index is 0.107. The molecule has 5 heteroatoms. The van der Waals surface area contributed by atoms with Crippen molar-refractivity contribution in [3.63, 3.8) is 0 Å². The largest absolute Gasteiger partial charge is 0.336 e. The molecular formula is C16H19N3O2. The molecule has 1 saturated heterocycles. The molecule has 1 atom stereocenters. The van der Waals surface area contributed by atoms with Crippen LogP contribution in [0, 0.1) is 6.92 Å². The minimum Gasteiger partial charge on any atom is -0.336 e. The molecule has 1 fully saturated rings. The van der Waals surface area contributed by atoms with Gasteiger partial charge in [0.2, 0.25) is 0 Å². The zero-order valence-corrected chi connectivity index (χ0v) is 12.4. The Bertz CT molecular complexity index is 633. The van der Waals surface area contributed by atoms with Crippen molar-refractivity contribution in [3.05, 3.63) is 35.7 Å². The predicted octanol–water partition coefficient (Wildman–Crippen LogP) is 3.06. The van der Waals surface area contributed by atoms with Crippen LogP contribution in [-0.4, -0.2) is 33.5 Å². The van der Waals surface area contributed by atoms with Gasteiger partial charge in [0.1, 0.15) is 0 Å². The van der Waals surface area contributed by atoms with E-state index in [9.17, 15) is 4.79 Å². The molecule has 110 valence electrons. The van der Waals surface area contributed by atoms with Crippen LogP contribution in [-0.2, 0) is 0 Å². The van der Waals surface area contributed by atoms with Gasteiger partial charge in [-0.05, 0) is 57.4 Å². The van der Waals surface area contributed by atoms with Gasteiger partial charge in [0.15, 0.2) is 5.82 Å². The highest BCUT2D eigenvalue weighted by Crippen LogP contribution is 2.21. The Balaban J connectivity index is 1.79. The number of rotatable bonds is 2. The molecule has 1 aliphatic rings. The number of hydrogen-bond donors (Lipinski definition) is 0. The molecule has 2 aromatic rings. The molecule has 0 radical (unpaired) electrons. The number of amides is 1. The Morgan fingerprint density at radius 3 is 2.67 bits per heavy atom. The van der Waals surface area contributed by atoms with Gasteiger partial charge in [-0.2, -0.15) is 4.98 Å². The van der Waals surface area contributed by atoms with E-state index in [0.29, 0.717) is 23.3 Å². The molecule has 0 bridgehead atoms. The molecule has 1 aromatic carbocycles. The molecule has 1 amide bonds. The highest BCUT2D eigenvalue weighted by Gasteiger charge is 2.24. The Hall–Kier alpha value is -2.17. The van der Waals surface area contributed by atoms with E-state index in [0.717, 1.165) is 24.9 Å². The Morgan fingerprint density at radius 2 is 2.05 bits per heavy atom. The summed E-state index contributed by atoms with van der Waals surface area (Å²) in [5.41, 5.74) is 1.54. The summed E-state index contributed by atoms with van der Waals surface area (Å²) in [4.78, 5) is 18.7. The van der Waals surface area contributed by atoms with Gasteiger partial charge < -0.3 is 9.42 Å². The topological polar surface area (TPSA) is 59.2 Å². The van der Waals surface area contributed by atoms with E-state index in [1.165, 1.54) is 6.42 Å². The average molecular weight is 285 g/mol. The highest BCUT2D eigenvalue weighted by atomic mass is 16.5. The van der Waals surface area contributed by atoms with Crippen LogP contribution >= 0.6 is 0 Å². The van der Waals surface area contributed by atoms with E-state index >= 15 is 0 Å². The van der Waals surface area contributed by atoms with Crippen LogP contribution in [0.25, 0.3) is 11.5 Å². The minimum atomic E-state index is 0.107. The molecular weight excluding hydrogens is 266 g/mol. The number of piperidine rings is 1. The maximum absolute atomic E-state index is 12.5. The normalized spacial score (nSPS) is 18.8. The Morgan fingerprint density at radius 1 is 1.29 bits per heavy atom. The third-order valence-corrected chi connectivity index (χ3v) is 3.97. The summed E-state index contributed by atoms with van der Waals surface area (Å²) in [5.74, 6) is 1.19. The molecule has 1 unspecified atom stereocenters. The second kappa shape index (κ2) is 5.68. The van der Waals surface area contributed by atoms with E-state index in [4.69, 9.17) is 4.52 Å². The first-order valence-electron chi connectivity index (χ1n) is 7.37. The van der Waals surface area contributed by atoms with Crippen molar-refractivity contribution in [2.75, 3.05) is 6.54 Å². The lowest BCUT2D eigenvalue weighted by Crippen LogP contribution is -2.41. The third-order valence-electron chi connectivity index (χ3n) is 3.97. The molecule has 0 aliphatic carbocycles. The van der Waals surface area contributed by atoms with E-state index in [2.05, 4.69) is 17.1 Å². The fourth-order valence-electron chi connectivity index (χ4n) is 2.74. The number of carbonyl (C=O) groups is 1. The Labute approximate surface area is 124 Å². The molecule has 21 heavy (non-hydrogen) atoms. The average Bonchev–Trinajstić information content (AvgIpc) is 2.94. The number of hydrogen-bond acceptors (Lipinski definition) is 4. The second-order valence-corrected chi connectivity index (χ2v) is 5.57. The van der Waals surface area contributed by atoms with Crippen LogP contribution in [0.2, 0.25) is 0 Å². The maximum Gasteiger partial charge on any atom is 0.257 e. The van der Waals surface area contributed by atoms with Crippen LogP contribution in [0.15, 0.2) is 28.8 Å². The van der Waals surface area contributed by atoms with Crippen LogP contribution in [0.1, 0.15) is 42.4 Å². The van der Waals surface area contributed by atoms with Crippen molar-refractivity contribution >= 4 is 5.91 Å². The quantitative estimate of drug-likeness (QED) is 0.851. The Kier molecular flexibility index (Phi) is 3.73. The molecule has 0 saturated carbocycles. The number of likely N-dealkylation sites (tertiary alicyclic amines) is 1. The fourth-order valence-corrected chi connectivity index (χ4v) is 2.74. The van der Waals surface area contributed by atoms with Gasteiger partial charge in [-0.25, -0.2) is 0 Å². The summed E-state index contributed by atoms with van der Waals surface area (Å²) < 4.78 is 5.13. The van der Waals surface area contributed by atoms with Gasteiger partial charge in [-0.15, -0.1) is 0 Å². The van der Waals surface area contributed by atoms with Gasteiger partial charge in [-0.1, -0.05) is 5.16 Å². The molecule has 0 spiro atoms. The number of aryl methyl sites for hydroxylation is 1. The first-order chi connectivity index (χ1) is 10.1. The smallest absolute Gasteiger partial charge is 0.257 e. The highest BCUT2D eigenvalue weighted by molar-refractivity contribution is 5.94. The van der Waals surface area contributed by atoms with E-state index in [-0.39, 0.29) is 5.91 Å². The number of carbonyl (C=O) groups excluding carboxylic acids is 1. The monoisotopic (exact) mass is 285 g/mol. The van der Waals surface area contributed by atoms with Crippen molar-refractivity contribution in [1.29, 1.82) is 0 Å². The van der Waals surface area contributed by atoms with Crippen molar-refractivity contribution in [2.24, 2.45) is 0 Å². The standard InChI is InChI=1S/C16H19N3O2/c1-11-5-3-4-10-19(11)16(20)14-8-6-13(7-9-14)15-17-12(2)18-21-15/h6-9,11H,3-5,10H2,1-2H3. The van der Waals surface area contributed by atoms with Gasteiger partial charge in [0, 0.05) is 23.7 Å². The predicted molar refractivity (Wildman–Crippen MR) is 78.8 cm³/mol. The van der Waals surface area contributed by atoms with Gasteiger partial charge in [0.25, 0.3) is 11.8 Å². The first-order valence-corrected chi connectivity index (χ1v) is 7.37. The molecule has 1 aromatic heterocycles. The van der Waals surface area contributed by atoms with Crippen molar-refractivity contribution in [1.82, 2.24) is 15.0 Å². The molecule has 5 nitrogen and oxygen atoms in total. The fraction of sp³-hybridized carbons (Fsp3) is 0.438. The van der Waals surface area contributed by atoms with Gasteiger partial charge in [-0.3, -0.25) is 4.79 Å². The van der Waals surface area contributed by atoms with E-state index < -0.39 is 0 Å². The van der Waals surface area contributed by atoms with E-state index in [1.807, 2.05) is 29.2 Å². The van der Waals surface area contributed by atoms with E-state index in [1.54, 1.807) is 6.92 Å². The summed E-state index contributed by atoms with van der Waals surface area (Å²) in [6.45, 7) is 4.75. The summed E-state index contributed by atoms with van der Waals surface area (Å²) >= 11 is 0. The van der Waals surface area contributed by atoms with Crippen molar-refractivity contribution in [2.45, 2.75) is 39.2 Å². The lowest BCUT2D eigenvalue weighted by Gasteiger charge is -2.33. The zero-order chi connectivity index (χ0) is 14.8. The zero-order valence-electron chi connectivity index (χ0n) is 12.4. The molecule has 2 heterocycles. The SMILES string of the molecule is Cc1noc(-c2ccc(C(=O)N3CCCCC3C)cc2)n1. The summed E-state index contributed by atoms with van der Waals surface area (Å²) in [7, 11) is 0. The van der Waals surface area contributed by atoms with Gasteiger partial charge in [0.05, 0.1) is 0 Å². The first kappa shape index (κ1) is 13.8. The van der Waals surface area contributed by atoms with Crippen LogP contribution in [0.4, 0.5) is 0 Å². The van der Waals surface area contributed by atoms with Crippen LogP contribution < -0.4 is 0 Å². The summed E-state index contributed by atoms with van der Waals surface area (Å²) in [6, 6.07) is 7.70. The van der Waals surface area contributed by atoms with Gasteiger partial charge >= 0.3 is 0 Å². The maximum atomic E-state index is 12.5. The number of nitrogens with zero attached hydrogens (tertiary/aromatic N) is 3. The lowest BCUT2D eigenvalue weighted by molar-refractivity contribution is 0.0635. The van der Waals surface area contributed by atoms with Crippen LogP contribution in [0.3, 0.4) is 0 Å².